The number of rotatable bonds is 2. The van der Waals surface area contributed by atoms with Crippen molar-refractivity contribution in [1.82, 2.24) is 0 Å². The van der Waals surface area contributed by atoms with Gasteiger partial charge in [-0.1, -0.05) is 17.8 Å². The standard InChI is InChI=1S/C10H11NO2S/c12-10-4-9(7-14-10)11-5-8-2-1-3-13-6-8/h1-3,5,9H,4,6-7H2. The van der Waals surface area contributed by atoms with Crippen LogP contribution in [0, 0.1) is 0 Å². The molecule has 1 saturated heterocycles. The molecule has 2 heterocycles. The van der Waals surface area contributed by atoms with E-state index in [1.165, 1.54) is 11.8 Å². The van der Waals surface area contributed by atoms with E-state index in [0.717, 1.165) is 11.3 Å². The van der Waals surface area contributed by atoms with Gasteiger partial charge in [-0.05, 0) is 6.08 Å². The molecule has 0 spiro atoms. The Kier molecular flexibility index (Phi) is 3.03. The fourth-order valence-electron chi connectivity index (χ4n) is 1.29. The lowest BCUT2D eigenvalue weighted by Crippen LogP contribution is -2.05. The van der Waals surface area contributed by atoms with Crippen molar-refractivity contribution in [2.75, 3.05) is 12.4 Å². The first-order valence-electron chi connectivity index (χ1n) is 4.51. The second-order valence-corrected chi connectivity index (χ2v) is 4.28. The SMILES string of the molecule is O=C1CC(N=CC2=CC=COC2)CS1. The average molecular weight is 209 g/mol. The summed E-state index contributed by atoms with van der Waals surface area (Å²) < 4.78 is 5.11. The van der Waals surface area contributed by atoms with Gasteiger partial charge in [-0.2, -0.15) is 0 Å². The van der Waals surface area contributed by atoms with Crippen molar-refractivity contribution in [3.63, 3.8) is 0 Å². The third-order valence-corrected chi connectivity index (χ3v) is 3.07. The molecule has 4 heteroatoms. The van der Waals surface area contributed by atoms with Gasteiger partial charge in [0.15, 0.2) is 5.12 Å². The van der Waals surface area contributed by atoms with Crippen molar-refractivity contribution in [1.29, 1.82) is 0 Å². The Bertz CT molecular complexity index is 320. The van der Waals surface area contributed by atoms with Gasteiger partial charge < -0.3 is 4.74 Å². The largest absolute Gasteiger partial charge is 0.496 e. The average Bonchev–Trinajstić information content (AvgIpc) is 2.63. The number of ether oxygens (including phenoxy) is 1. The Morgan fingerprint density at radius 3 is 3.21 bits per heavy atom. The number of allylic oxidation sites excluding steroid dienone is 2. The van der Waals surface area contributed by atoms with Gasteiger partial charge in [0.05, 0.1) is 12.3 Å². The molecule has 2 aliphatic heterocycles. The summed E-state index contributed by atoms with van der Waals surface area (Å²) in [6.45, 7) is 0.577. The van der Waals surface area contributed by atoms with Crippen LogP contribution in [0.15, 0.2) is 29.0 Å². The molecule has 0 radical (unpaired) electrons. The lowest BCUT2D eigenvalue weighted by molar-refractivity contribution is -0.110. The Balaban J connectivity index is 1.90. The van der Waals surface area contributed by atoms with Crippen LogP contribution in [0.5, 0.6) is 0 Å². The molecule has 74 valence electrons. The van der Waals surface area contributed by atoms with Crippen LogP contribution in [0.2, 0.25) is 0 Å². The van der Waals surface area contributed by atoms with E-state index in [0.29, 0.717) is 13.0 Å². The van der Waals surface area contributed by atoms with Crippen molar-refractivity contribution in [2.24, 2.45) is 4.99 Å². The smallest absolute Gasteiger partial charge is 0.191 e. The van der Waals surface area contributed by atoms with E-state index >= 15 is 0 Å². The van der Waals surface area contributed by atoms with Gasteiger partial charge in [-0.25, -0.2) is 0 Å². The quantitative estimate of drug-likeness (QED) is 0.648. The zero-order chi connectivity index (χ0) is 9.80. The highest BCUT2D eigenvalue weighted by atomic mass is 32.2. The van der Waals surface area contributed by atoms with Crippen molar-refractivity contribution in [2.45, 2.75) is 12.5 Å². The monoisotopic (exact) mass is 209 g/mol. The molecule has 0 saturated carbocycles. The molecule has 0 aromatic rings. The molecule has 1 unspecified atom stereocenters. The van der Waals surface area contributed by atoms with E-state index in [2.05, 4.69) is 4.99 Å². The third kappa shape index (κ3) is 2.48. The summed E-state index contributed by atoms with van der Waals surface area (Å²) in [5, 5.41) is 0.251. The molecule has 0 aromatic heterocycles. The van der Waals surface area contributed by atoms with Crippen LogP contribution in [-0.2, 0) is 9.53 Å². The molecule has 0 amide bonds. The third-order valence-electron chi connectivity index (χ3n) is 2.03. The van der Waals surface area contributed by atoms with Crippen molar-refractivity contribution in [3.8, 4) is 0 Å². The zero-order valence-corrected chi connectivity index (χ0v) is 8.50. The fourth-order valence-corrected chi connectivity index (χ4v) is 2.18. The topological polar surface area (TPSA) is 38.7 Å². The minimum atomic E-state index is 0.166. The van der Waals surface area contributed by atoms with Crippen molar-refractivity contribution < 1.29 is 9.53 Å². The maximum Gasteiger partial charge on any atom is 0.191 e. The first-order chi connectivity index (χ1) is 6.84. The van der Waals surface area contributed by atoms with Crippen LogP contribution in [0.25, 0.3) is 0 Å². The van der Waals surface area contributed by atoms with Gasteiger partial charge in [0.1, 0.15) is 6.61 Å². The Morgan fingerprint density at radius 1 is 1.64 bits per heavy atom. The van der Waals surface area contributed by atoms with E-state index in [9.17, 15) is 4.79 Å². The summed E-state index contributed by atoms with van der Waals surface area (Å²) in [6.07, 6.45) is 7.86. The summed E-state index contributed by atoms with van der Waals surface area (Å²) >= 11 is 1.37. The van der Waals surface area contributed by atoms with Gasteiger partial charge in [0, 0.05) is 24.0 Å². The lowest BCUT2D eigenvalue weighted by atomic mass is 10.2. The van der Waals surface area contributed by atoms with Crippen molar-refractivity contribution in [3.05, 3.63) is 24.0 Å². The van der Waals surface area contributed by atoms with Crippen LogP contribution < -0.4 is 0 Å². The minimum absolute atomic E-state index is 0.166. The molecule has 0 bridgehead atoms. The normalized spacial score (nSPS) is 26.7. The minimum Gasteiger partial charge on any atom is -0.496 e. The number of nitrogens with zero attached hydrogens (tertiary/aromatic N) is 1. The summed E-state index contributed by atoms with van der Waals surface area (Å²) in [6, 6.07) is 0.166. The molecule has 14 heavy (non-hydrogen) atoms. The molecule has 0 aromatic carbocycles. The van der Waals surface area contributed by atoms with E-state index in [-0.39, 0.29) is 11.2 Å². The summed E-state index contributed by atoms with van der Waals surface area (Å²) in [4.78, 5) is 15.3. The first kappa shape index (κ1) is 9.52. The lowest BCUT2D eigenvalue weighted by Gasteiger charge is -2.06. The molecular weight excluding hydrogens is 198 g/mol. The van der Waals surface area contributed by atoms with Gasteiger partial charge in [-0.15, -0.1) is 0 Å². The highest BCUT2D eigenvalue weighted by molar-refractivity contribution is 8.14. The molecule has 2 aliphatic rings. The van der Waals surface area contributed by atoms with Crippen LogP contribution in [-0.4, -0.2) is 29.7 Å². The number of hydrogen-bond donors (Lipinski definition) is 0. The highest BCUT2D eigenvalue weighted by Crippen LogP contribution is 2.21. The van der Waals surface area contributed by atoms with E-state index in [4.69, 9.17) is 4.74 Å². The number of aliphatic imine (C=N–C) groups is 1. The molecule has 2 rings (SSSR count). The maximum atomic E-state index is 10.9. The molecule has 0 N–H and O–H groups in total. The Morgan fingerprint density at radius 2 is 2.57 bits per heavy atom. The summed E-state index contributed by atoms with van der Waals surface area (Å²) in [7, 11) is 0. The maximum absolute atomic E-state index is 10.9. The van der Waals surface area contributed by atoms with Gasteiger partial charge in [0.2, 0.25) is 0 Å². The van der Waals surface area contributed by atoms with Crippen LogP contribution in [0.4, 0.5) is 0 Å². The molecule has 1 atom stereocenters. The van der Waals surface area contributed by atoms with Gasteiger partial charge >= 0.3 is 0 Å². The predicted octanol–water partition coefficient (Wildman–Crippen LogP) is 1.56. The number of carbonyl (C=O) groups excluding carboxylic acids is 1. The fraction of sp³-hybridized carbons (Fsp3) is 0.400. The number of carbonyl (C=O) groups is 1. The molecule has 0 aliphatic carbocycles. The highest BCUT2D eigenvalue weighted by Gasteiger charge is 2.21. The second kappa shape index (κ2) is 4.46. The first-order valence-corrected chi connectivity index (χ1v) is 5.49. The van der Waals surface area contributed by atoms with E-state index < -0.39 is 0 Å². The molecule has 3 nitrogen and oxygen atoms in total. The summed E-state index contributed by atoms with van der Waals surface area (Å²) in [5.74, 6) is 0.819. The van der Waals surface area contributed by atoms with Gasteiger partial charge in [0.25, 0.3) is 0 Å². The van der Waals surface area contributed by atoms with Gasteiger partial charge in [-0.3, -0.25) is 9.79 Å². The predicted molar refractivity (Wildman–Crippen MR) is 57.5 cm³/mol. The number of hydrogen-bond acceptors (Lipinski definition) is 4. The number of thioether (sulfide) groups is 1. The Labute approximate surface area is 86.9 Å². The van der Waals surface area contributed by atoms with Crippen molar-refractivity contribution >= 4 is 23.1 Å². The molecule has 1 fully saturated rings. The van der Waals surface area contributed by atoms with Crippen LogP contribution in [0.1, 0.15) is 6.42 Å². The Hall–Kier alpha value is -1.03. The summed E-state index contributed by atoms with van der Waals surface area (Å²) in [5.41, 5.74) is 1.05. The second-order valence-electron chi connectivity index (χ2n) is 3.20. The van der Waals surface area contributed by atoms with Crippen LogP contribution in [0.3, 0.4) is 0 Å². The zero-order valence-electron chi connectivity index (χ0n) is 7.68. The van der Waals surface area contributed by atoms with E-state index in [1.807, 2.05) is 18.4 Å². The van der Waals surface area contributed by atoms with E-state index in [1.54, 1.807) is 6.26 Å². The van der Waals surface area contributed by atoms with Crippen LogP contribution >= 0.6 is 11.8 Å². The molecular formula is C10H11NO2S.